The Hall–Kier alpha value is -1.51. The van der Waals surface area contributed by atoms with Crippen LogP contribution in [0.25, 0.3) is 0 Å². The van der Waals surface area contributed by atoms with Crippen molar-refractivity contribution in [2.45, 2.75) is 39.7 Å². The van der Waals surface area contributed by atoms with Crippen LogP contribution in [0.5, 0.6) is 5.75 Å². The van der Waals surface area contributed by atoms with Crippen LogP contribution in [0, 0.1) is 6.92 Å². The first-order valence-electron chi connectivity index (χ1n) is 8.66. The van der Waals surface area contributed by atoms with Gasteiger partial charge in [-0.3, -0.25) is 4.90 Å². The molecule has 24 heavy (non-hydrogen) atoms. The average Bonchev–Trinajstić information content (AvgIpc) is 2.54. The lowest BCUT2D eigenvalue weighted by atomic mass is 10.00. The van der Waals surface area contributed by atoms with E-state index in [1.54, 1.807) is 0 Å². The third kappa shape index (κ3) is 4.52. The smallest absolute Gasteiger partial charge is 0.123 e. The van der Waals surface area contributed by atoms with Gasteiger partial charge in [0.05, 0.1) is 0 Å². The predicted octanol–water partition coefficient (Wildman–Crippen LogP) is 1.56. The molecule has 0 spiro atoms. The summed E-state index contributed by atoms with van der Waals surface area (Å²) in [6.07, 6.45) is 1.15. The van der Waals surface area contributed by atoms with Gasteiger partial charge in [0, 0.05) is 19.6 Å². The first-order valence-corrected chi connectivity index (χ1v) is 8.66. The fourth-order valence-electron chi connectivity index (χ4n) is 3.27. The first-order chi connectivity index (χ1) is 11.1. The number of rotatable bonds is 5. The first kappa shape index (κ1) is 18.8. The number of fused-ring (bicyclic) bond motifs is 1. The van der Waals surface area contributed by atoms with Gasteiger partial charge >= 0.3 is 0 Å². The molecular weight excluding hydrogens is 318 g/mol. The van der Waals surface area contributed by atoms with E-state index in [1.165, 1.54) is 22.3 Å². The number of halogens is 1. The fourth-order valence-corrected chi connectivity index (χ4v) is 3.27. The molecule has 130 valence electrons. The summed E-state index contributed by atoms with van der Waals surface area (Å²) in [6, 6.07) is 15.3. The lowest BCUT2D eigenvalue weighted by Gasteiger charge is -2.28. The maximum atomic E-state index is 6.13. The second-order valence-electron chi connectivity index (χ2n) is 6.84. The lowest BCUT2D eigenvalue weighted by Crippen LogP contribution is -3.00. The van der Waals surface area contributed by atoms with Gasteiger partial charge in [-0.1, -0.05) is 50.2 Å². The van der Waals surface area contributed by atoms with Crippen LogP contribution in [0.3, 0.4) is 0 Å². The van der Waals surface area contributed by atoms with Crippen molar-refractivity contribution in [3.05, 3.63) is 64.7 Å². The van der Waals surface area contributed by atoms with E-state index in [0.29, 0.717) is 5.92 Å². The van der Waals surface area contributed by atoms with E-state index in [9.17, 15) is 0 Å². The normalized spacial score (nSPS) is 14.2. The van der Waals surface area contributed by atoms with Crippen LogP contribution < -0.4 is 17.1 Å². The Labute approximate surface area is 152 Å². The van der Waals surface area contributed by atoms with Gasteiger partial charge in [-0.05, 0) is 47.6 Å². The maximum Gasteiger partial charge on any atom is 0.123 e. The number of hydrogen-bond acceptors (Lipinski definition) is 2. The molecule has 0 saturated carbocycles. The summed E-state index contributed by atoms with van der Waals surface area (Å²) >= 11 is 0. The second-order valence-corrected chi connectivity index (χ2v) is 6.84. The minimum atomic E-state index is 0. The zero-order valence-corrected chi connectivity index (χ0v) is 15.6. The van der Waals surface area contributed by atoms with Crippen molar-refractivity contribution in [1.82, 2.24) is 4.90 Å². The van der Waals surface area contributed by atoms with Crippen molar-refractivity contribution in [2.24, 2.45) is 0 Å². The van der Waals surface area contributed by atoms with E-state index in [1.807, 2.05) is 0 Å². The van der Waals surface area contributed by atoms with Gasteiger partial charge < -0.3 is 17.1 Å². The fraction of sp³-hybridized carbons (Fsp3) is 0.429. The molecule has 0 N–H and O–H groups in total. The molecule has 0 bridgehead atoms. The Kier molecular flexibility index (Phi) is 6.70. The molecule has 2 aromatic rings. The van der Waals surface area contributed by atoms with Crippen LogP contribution in [-0.2, 0) is 13.0 Å². The molecule has 0 fully saturated rings. The highest BCUT2D eigenvalue weighted by atomic mass is 35.5. The second kappa shape index (κ2) is 8.55. The van der Waals surface area contributed by atoms with E-state index in [0.717, 1.165) is 38.4 Å². The van der Waals surface area contributed by atoms with Gasteiger partial charge in [0.2, 0.25) is 0 Å². The van der Waals surface area contributed by atoms with Gasteiger partial charge in [-0.25, -0.2) is 0 Å². The minimum Gasteiger partial charge on any atom is -1.00 e. The summed E-state index contributed by atoms with van der Waals surface area (Å²) in [5.41, 5.74) is 5.54. The number of benzene rings is 2. The number of aryl methyl sites for hydroxylation is 1. The van der Waals surface area contributed by atoms with E-state index in [-0.39, 0.29) is 12.4 Å². The van der Waals surface area contributed by atoms with Crippen LogP contribution in [0.4, 0.5) is 0 Å². The molecule has 0 amide bonds. The van der Waals surface area contributed by atoms with Crippen molar-refractivity contribution < 1.29 is 17.1 Å². The van der Waals surface area contributed by atoms with Crippen molar-refractivity contribution in [3.8, 4) is 5.75 Å². The molecule has 0 saturated heterocycles. The minimum absolute atomic E-state index is 0. The Balaban J connectivity index is 0.00000208. The Bertz CT molecular complexity index is 669. The molecule has 1 aliphatic heterocycles. The molecule has 0 atom stereocenters. The zero-order chi connectivity index (χ0) is 16.2. The highest BCUT2D eigenvalue weighted by molar-refractivity contribution is 5.39. The Morgan fingerprint density at radius 1 is 1.08 bits per heavy atom. The Morgan fingerprint density at radius 2 is 1.83 bits per heavy atom. The van der Waals surface area contributed by atoms with E-state index >= 15 is 0 Å². The molecular formula is C21H27ClNO-. The predicted molar refractivity (Wildman–Crippen MR) is 96.2 cm³/mol. The van der Waals surface area contributed by atoms with E-state index < -0.39 is 0 Å². The summed E-state index contributed by atoms with van der Waals surface area (Å²) < 4.78 is 6.13. The van der Waals surface area contributed by atoms with Crippen LogP contribution in [0.1, 0.15) is 42.0 Å². The third-order valence-corrected chi connectivity index (χ3v) is 4.67. The summed E-state index contributed by atoms with van der Waals surface area (Å²) in [7, 11) is 0. The van der Waals surface area contributed by atoms with Gasteiger partial charge in [0.25, 0.3) is 0 Å². The molecule has 3 rings (SSSR count). The van der Waals surface area contributed by atoms with Gasteiger partial charge in [-0.2, -0.15) is 0 Å². The van der Waals surface area contributed by atoms with Crippen molar-refractivity contribution in [1.29, 1.82) is 0 Å². The van der Waals surface area contributed by atoms with Gasteiger partial charge in [0.1, 0.15) is 12.4 Å². The molecule has 2 nitrogen and oxygen atoms in total. The standard InChI is InChI=1S/C21H27NO.ClH/c1-16(2)20-9-8-17(3)14-21(20)23-13-12-22-11-10-18-6-4-5-7-19(18)15-22;/h4-9,14,16H,10-13,15H2,1-3H3;1H/p-1. The summed E-state index contributed by atoms with van der Waals surface area (Å²) in [5.74, 6) is 1.55. The molecule has 1 heterocycles. The maximum absolute atomic E-state index is 6.13. The highest BCUT2D eigenvalue weighted by Crippen LogP contribution is 2.27. The lowest BCUT2D eigenvalue weighted by molar-refractivity contribution is -0.00000545. The van der Waals surface area contributed by atoms with Crippen LogP contribution in [0.15, 0.2) is 42.5 Å². The molecule has 0 radical (unpaired) electrons. The van der Waals surface area contributed by atoms with Gasteiger partial charge in [-0.15, -0.1) is 0 Å². The molecule has 0 aromatic heterocycles. The van der Waals surface area contributed by atoms with Crippen LogP contribution >= 0.6 is 0 Å². The van der Waals surface area contributed by atoms with E-state index in [4.69, 9.17) is 4.74 Å². The molecule has 0 aliphatic carbocycles. The van der Waals surface area contributed by atoms with Crippen LogP contribution in [-0.4, -0.2) is 24.6 Å². The number of nitrogens with zero attached hydrogens (tertiary/aromatic N) is 1. The third-order valence-electron chi connectivity index (χ3n) is 4.67. The quantitative estimate of drug-likeness (QED) is 0.816. The van der Waals surface area contributed by atoms with Crippen molar-refractivity contribution in [2.75, 3.05) is 19.7 Å². The Morgan fingerprint density at radius 3 is 2.58 bits per heavy atom. The van der Waals surface area contributed by atoms with E-state index in [2.05, 4.69) is 68.1 Å². The summed E-state index contributed by atoms with van der Waals surface area (Å²) in [4.78, 5) is 2.49. The average molecular weight is 345 g/mol. The topological polar surface area (TPSA) is 12.5 Å². The highest BCUT2D eigenvalue weighted by Gasteiger charge is 2.15. The largest absolute Gasteiger partial charge is 1.00 e. The molecule has 2 aromatic carbocycles. The summed E-state index contributed by atoms with van der Waals surface area (Å²) in [6.45, 7) is 10.5. The molecule has 1 aliphatic rings. The molecule has 0 unspecified atom stereocenters. The van der Waals surface area contributed by atoms with Crippen molar-refractivity contribution >= 4 is 0 Å². The number of ether oxygens (including phenoxy) is 1. The SMILES string of the molecule is Cc1ccc(C(C)C)c(OCCN2CCc3ccccc3C2)c1.[Cl-]. The molecule has 3 heteroatoms. The monoisotopic (exact) mass is 344 g/mol. The number of hydrogen-bond donors (Lipinski definition) is 0. The van der Waals surface area contributed by atoms with Crippen molar-refractivity contribution in [3.63, 3.8) is 0 Å². The van der Waals surface area contributed by atoms with Gasteiger partial charge in [0.15, 0.2) is 0 Å². The summed E-state index contributed by atoms with van der Waals surface area (Å²) in [5, 5.41) is 0. The zero-order valence-electron chi connectivity index (χ0n) is 14.9. The van der Waals surface area contributed by atoms with Crippen LogP contribution in [0.2, 0.25) is 0 Å².